The molecule has 1 aliphatic rings. The minimum Gasteiger partial charge on any atom is -0.387 e. The highest BCUT2D eigenvalue weighted by molar-refractivity contribution is 5.80. The normalized spacial score (nSPS) is 16.2. The lowest BCUT2D eigenvalue weighted by molar-refractivity contribution is -0.0516. The number of nitrogens with one attached hydrogen (secondary N) is 1. The van der Waals surface area contributed by atoms with Gasteiger partial charge in [0.2, 0.25) is 0 Å². The van der Waals surface area contributed by atoms with Gasteiger partial charge in [0, 0.05) is 25.2 Å². The summed E-state index contributed by atoms with van der Waals surface area (Å²) in [6, 6.07) is 5.59. The summed E-state index contributed by atoms with van der Waals surface area (Å²) < 4.78 is 27.4. The second-order valence-corrected chi connectivity index (χ2v) is 10.2. The first-order chi connectivity index (χ1) is 16.5. The van der Waals surface area contributed by atoms with Crippen LogP contribution in [0.25, 0.3) is 11.0 Å². The Morgan fingerprint density at radius 3 is 2.46 bits per heavy atom. The summed E-state index contributed by atoms with van der Waals surface area (Å²) in [5.41, 5.74) is 0.697. The molecule has 0 amide bonds. The van der Waals surface area contributed by atoms with E-state index in [1.807, 2.05) is 13.8 Å². The molecule has 1 atom stereocenters. The van der Waals surface area contributed by atoms with E-state index in [4.69, 9.17) is 9.97 Å². The Hall–Kier alpha value is -2.91. The standard InChI is InChI=1S/C26H33F2N5O2/c1-15(2)30-24-25(32-20-13-21(23(34)26(3,4)35)29-14-22(20)31-24)33-9-7-16(8-10-33)11-17-5-6-18(27)12-19(17)28/h5-6,12-16,23,34-35H,7-11H2,1-4H3,(H,30,31). The Labute approximate surface area is 204 Å². The third-order valence-corrected chi connectivity index (χ3v) is 6.37. The quantitative estimate of drug-likeness (QED) is 0.457. The number of hydrogen-bond donors (Lipinski definition) is 3. The summed E-state index contributed by atoms with van der Waals surface area (Å²) in [6.07, 6.45) is 2.66. The first kappa shape index (κ1) is 25.2. The zero-order valence-electron chi connectivity index (χ0n) is 20.6. The highest BCUT2D eigenvalue weighted by Gasteiger charge is 2.29. The molecule has 3 N–H and O–H groups in total. The predicted molar refractivity (Wildman–Crippen MR) is 132 cm³/mol. The second kappa shape index (κ2) is 9.99. The van der Waals surface area contributed by atoms with Crippen molar-refractivity contribution < 1.29 is 19.0 Å². The van der Waals surface area contributed by atoms with Crippen molar-refractivity contribution in [3.8, 4) is 0 Å². The van der Waals surface area contributed by atoms with Crippen LogP contribution in [0.15, 0.2) is 30.5 Å². The molecule has 3 heterocycles. The fraction of sp³-hybridized carbons (Fsp3) is 0.500. The highest BCUT2D eigenvalue weighted by atomic mass is 19.1. The average molecular weight is 486 g/mol. The molecule has 7 nitrogen and oxygen atoms in total. The van der Waals surface area contributed by atoms with Crippen molar-refractivity contribution in [1.29, 1.82) is 0 Å². The average Bonchev–Trinajstić information content (AvgIpc) is 2.79. The van der Waals surface area contributed by atoms with E-state index >= 15 is 0 Å². The van der Waals surface area contributed by atoms with Crippen molar-refractivity contribution in [1.82, 2.24) is 15.0 Å². The van der Waals surface area contributed by atoms with Crippen LogP contribution in [0, 0.1) is 17.6 Å². The molecular weight excluding hydrogens is 452 g/mol. The number of nitrogens with zero attached hydrogens (tertiary/aromatic N) is 4. The minimum atomic E-state index is -1.35. The fourth-order valence-corrected chi connectivity index (χ4v) is 4.42. The van der Waals surface area contributed by atoms with Crippen LogP contribution in [0.4, 0.5) is 20.4 Å². The zero-order chi connectivity index (χ0) is 25.3. The van der Waals surface area contributed by atoms with Gasteiger partial charge in [-0.15, -0.1) is 0 Å². The molecular formula is C26H33F2N5O2. The molecule has 0 saturated carbocycles. The fourth-order valence-electron chi connectivity index (χ4n) is 4.42. The summed E-state index contributed by atoms with van der Waals surface area (Å²) >= 11 is 0. The van der Waals surface area contributed by atoms with Crippen LogP contribution < -0.4 is 10.2 Å². The van der Waals surface area contributed by atoms with Crippen molar-refractivity contribution >= 4 is 22.7 Å². The maximum atomic E-state index is 14.1. The van der Waals surface area contributed by atoms with E-state index < -0.39 is 23.3 Å². The smallest absolute Gasteiger partial charge is 0.172 e. The predicted octanol–water partition coefficient (Wildman–Crippen LogP) is 4.39. The number of benzene rings is 1. The van der Waals surface area contributed by atoms with Crippen LogP contribution in [0.3, 0.4) is 0 Å². The topological polar surface area (TPSA) is 94.4 Å². The maximum Gasteiger partial charge on any atom is 0.172 e. The van der Waals surface area contributed by atoms with Crippen molar-refractivity contribution in [3.05, 3.63) is 53.4 Å². The molecule has 9 heteroatoms. The second-order valence-electron chi connectivity index (χ2n) is 10.2. The Morgan fingerprint density at radius 1 is 1.11 bits per heavy atom. The molecule has 1 unspecified atom stereocenters. The molecule has 4 rings (SSSR count). The van der Waals surface area contributed by atoms with Gasteiger partial charge in [-0.2, -0.15) is 0 Å². The summed E-state index contributed by atoms with van der Waals surface area (Å²) in [4.78, 5) is 16.1. The van der Waals surface area contributed by atoms with Crippen molar-refractivity contribution in [2.75, 3.05) is 23.3 Å². The number of aliphatic hydroxyl groups excluding tert-OH is 1. The van der Waals surface area contributed by atoms with Gasteiger partial charge in [0.15, 0.2) is 11.6 Å². The Bertz CT molecular complexity index is 1190. The molecule has 1 saturated heterocycles. The van der Waals surface area contributed by atoms with Crippen LogP contribution in [0.2, 0.25) is 0 Å². The SMILES string of the molecule is CC(C)Nc1nc2cnc(C(O)C(C)(C)O)cc2nc1N1CCC(Cc2ccc(F)cc2F)CC1. The number of fused-ring (bicyclic) bond motifs is 1. The Morgan fingerprint density at radius 2 is 1.83 bits per heavy atom. The number of aliphatic hydroxyl groups is 2. The summed E-state index contributed by atoms with van der Waals surface area (Å²) in [7, 11) is 0. The van der Waals surface area contributed by atoms with Gasteiger partial charge in [0.05, 0.1) is 23.0 Å². The molecule has 188 valence electrons. The molecule has 0 aliphatic carbocycles. The highest BCUT2D eigenvalue weighted by Crippen LogP contribution is 2.32. The monoisotopic (exact) mass is 485 g/mol. The van der Waals surface area contributed by atoms with Gasteiger partial charge >= 0.3 is 0 Å². The molecule has 3 aromatic rings. The number of aromatic nitrogens is 3. The van der Waals surface area contributed by atoms with Crippen molar-refractivity contribution in [2.45, 2.75) is 64.7 Å². The van der Waals surface area contributed by atoms with Crippen LogP contribution in [-0.2, 0) is 6.42 Å². The number of anilines is 2. The summed E-state index contributed by atoms with van der Waals surface area (Å²) in [5, 5.41) is 24.0. The first-order valence-corrected chi connectivity index (χ1v) is 12.0. The van der Waals surface area contributed by atoms with Gasteiger partial charge in [-0.05, 0) is 70.6 Å². The molecule has 1 aromatic carbocycles. The maximum absolute atomic E-state index is 14.1. The van der Waals surface area contributed by atoms with Gasteiger partial charge in [-0.1, -0.05) is 6.07 Å². The molecule has 2 aromatic heterocycles. The first-order valence-electron chi connectivity index (χ1n) is 12.0. The minimum absolute atomic E-state index is 0.142. The van der Waals surface area contributed by atoms with Crippen LogP contribution in [-0.4, -0.2) is 49.9 Å². The van der Waals surface area contributed by atoms with E-state index in [1.54, 1.807) is 12.3 Å². The van der Waals surface area contributed by atoms with E-state index in [0.717, 1.165) is 32.0 Å². The largest absolute Gasteiger partial charge is 0.387 e. The lowest BCUT2D eigenvalue weighted by Gasteiger charge is -2.34. The van der Waals surface area contributed by atoms with Gasteiger partial charge in [0.1, 0.15) is 23.3 Å². The zero-order valence-corrected chi connectivity index (χ0v) is 20.6. The number of halogens is 2. The Balaban J connectivity index is 1.57. The third kappa shape index (κ3) is 5.85. The van der Waals surface area contributed by atoms with Crippen LogP contribution >= 0.6 is 0 Å². The summed E-state index contributed by atoms with van der Waals surface area (Å²) in [6.45, 7) is 8.56. The molecule has 0 bridgehead atoms. The van der Waals surface area contributed by atoms with Gasteiger partial charge in [0.25, 0.3) is 0 Å². The Kier molecular flexibility index (Phi) is 7.19. The molecule has 0 spiro atoms. The van der Waals surface area contributed by atoms with Crippen molar-refractivity contribution in [3.63, 3.8) is 0 Å². The molecule has 0 radical (unpaired) electrons. The number of piperidine rings is 1. The third-order valence-electron chi connectivity index (χ3n) is 6.37. The van der Waals surface area contributed by atoms with E-state index in [1.165, 1.54) is 26.0 Å². The van der Waals surface area contributed by atoms with Crippen LogP contribution in [0.1, 0.15) is 57.9 Å². The van der Waals surface area contributed by atoms with Gasteiger partial charge in [-0.25, -0.2) is 18.7 Å². The van der Waals surface area contributed by atoms with Crippen molar-refractivity contribution in [2.24, 2.45) is 5.92 Å². The van der Waals surface area contributed by atoms with Gasteiger partial charge < -0.3 is 20.4 Å². The number of rotatable bonds is 7. The number of hydrogen-bond acceptors (Lipinski definition) is 7. The van der Waals surface area contributed by atoms with Crippen LogP contribution in [0.5, 0.6) is 0 Å². The van der Waals surface area contributed by atoms with E-state index in [9.17, 15) is 19.0 Å². The van der Waals surface area contributed by atoms with Gasteiger partial charge in [-0.3, -0.25) is 4.98 Å². The lowest BCUT2D eigenvalue weighted by Crippen LogP contribution is -2.36. The number of pyridine rings is 1. The molecule has 35 heavy (non-hydrogen) atoms. The molecule has 1 fully saturated rings. The summed E-state index contributed by atoms with van der Waals surface area (Å²) in [5.74, 6) is 0.614. The lowest BCUT2D eigenvalue weighted by atomic mass is 9.90. The molecule has 1 aliphatic heterocycles. The van der Waals surface area contributed by atoms with E-state index in [0.29, 0.717) is 46.3 Å². The van der Waals surface area contributed by atoms with E-state index in [2.05, 4.69) is 15.2 Å². The van der Waals surface area contributed by atoms with E-state index in [-0.39, 0.29) is 6.04 Å².